The van der Waals surface area contributed by atoms with Crippen LogP contribution in [0.1, 0.15) is 32.9 Å². The van der Waals surface area contributed by atoms with Gasteiger partial charge in [-0.05, 0) is 13.8 Å². The monoisotopic (exact) mass is 772 g/mol. The summed E-state index contributed by atoms with van der Waals surface area (Å²) in [6.45, 7) is 3.47. The van der Waals surface area contributed by atoms with Crippen molar-refractivity contribution in [2.75, 3.05) is 44.6 Å². The van der Waals surface area contributed by atoms with Gasteiger partial charge in [-0.2, -0.15) is 13.6 Å². The molecule has 3 heterocycles. The number of hydrogen-bond acceptors (Lipinski definition) is 17. The van der Waals surface area contributed by atoms with Gasteiger partial charge in [0.1, 0.15) is 18.3 Å². The van der Waals surface area contributed by atoms with Gasteiger partial charge in [0.05, 0.1) is 38.9 Å². The number of amides is 1. The molecule has 5 atom stereocenters. The molecule has 27 heteroatoms. The number of phosphoric ester groups is 1. The van der Waals surface area contributed by atoms with Crippen LogP contribution >= 0.6 is 45.1 Å². The molecule has 9 N–H and O–H groups in total. The summed E-state index contributed by atoms with van der Waals surface area (Å²) in [5.41, 5.74) is 5.08. The third-order valence-electron chi connectivity index (χ3n) is 5.79. The molecule has 1 saturated heterocycles. The van der Waals surface area contributed by atoms with E-state index in [1.165, 1.54) is 32.5 Å². The lowest BCUT2D eigenvalue weighted by atomic mass is 10.2. The van der Waals surface area contributed by atoms with Crippen LogP contribution in [0.15, 0.2) is 11.1 Å². The highest BCUT2D eigenvalue weighted by Crippen LogP contribution is 2.66. The van der Waals surface area contributed by atoms with Gasteiger partial charge in [-0.1, -0.05) is 21.6 Å². The molecule has 0 bridgehead atoms. The van der Waals surface area contributed by atoms with E-state index in [2.05, 4.69) is 28.9 Å². The van der Waals surface area contributed by atoms with Gasteiger partial charge in [0.15, 0.2) is 11.2 Å². The fourth-order valence-corrected chi connectivity index (χ4v) is 9.08. The summed E-state index contributed by atoms with van der Waals surface area (Å²) in [4.78, 5) is 71.5. The average Bonchev–Trinajstić information content (AvgIpc) is 3.53. The fraction of sp³-hybridized carbons (Fsp3) is 0.700. The number of nitrogens with zero attached hydrogens (tertiary/aromatic N) is 3. The molecule has 22 nitrogen and oxygen atoms in total. The Balaban J connectivity index is 1.64. The third-order valence-corrected chi connectivity index (χ3v) is 12.5. The molecule has 0 saturated carbocycles. The number of aromatic nitrogens is 4. The van der Waals surface area contributed by atoms with Crippen LogP contribution in [0.25, 0.3) is 11.2 Å². The zero-order valence-electron chi connectivity index (χ0n) is 24.8. The summed E-state index contributed by atoms with van der Waals surface area (Å²) in [6.07, 6.45) is -1.47. The van der Waals surface area contributed by atoms with Crippen molar-refractivity contribution in [1.82, 2.24) is 24.8 Å². The number of nitrogens with two attached hydrogens (primary N) is 1. The Bertz CT molecular complexity index is 1570. The Labute approximate surface area is 274 Å². The molecule has 1 aliphatic heterocycles. The number of aliphatic hydroxyl groups is 1. The van der Waals surface area contributed by atoms with Gasteiger partial charge in [0, 0.05) is 24.1 Å². The van der Waals surface area contributed by atoms with Crippen molar-refractivity contribution >= 4 is 68.1 Å². The topological polar surface area (TPSA) is 326 Å². The number of nitrogens with one attached hydrogen (secondary N) is 2. The molecular weight excluding hydrogens is 737 g/mol. The van der Waals surface area contributed by atoms with Gasteiger partial charge >= 0.3 is 23.5 Å². The maximum Gasteiger partial charge on any atom is 0.490 e. The molecule has 0 aliphatic carbocycles. The smallest absolute Gasteiger partial charge is 0.394 e. The number of aromatic amines is 1. The molecule has 1 fully saturated rings. The molecule has 2 aromatic rings. The van der Waals surface area contributed by atoms with Gasteiger partial charge in [-0.15, -0.1) is 0 Å². The van der Waals surface area contributed by atoms with Crippen LogP contribution in [0, 0.1) is 0 Å². The molecule has 47 heavy (non-hydrogen) atoms. The first-order valence-electron chi connectivity index (χ1n) is 13.3. The quantitative estimate of drug-likeness (QED) is 0.0389. The minimum Gasteiger partial charge on any atom is -0.394 e. The van der Waals surface area contributed by atoms with Crippen LogP contribution < -0.4 is 16.6 Å². The third kappa shape index (κ3) is 13.4. The van der Waals surface area contributed by atoms with E-state index in [9.17, 15) is 33.1 Å². The number of nitrogen functional groups attached to an aromatic ring is 1. The number of fused-ring (bicyclic) bond motifs is 1. The predicted molar refractivity (Wildman–Crippen MR) is 165 cm³/mol. The standard InChI is InChI=1S/C20H35N6O16P3S2/c1-20(2,9-22-14(28)3-5-37-6-4-27)47-46-11-38-12-7-15(26-10-23-16-17(26)24-19(21)25-18(16)29)40-13(12)8-39-44(33,34)42-45(35,36)41-43(30,31)32/h10,12-13,15,27H,3-9,11H2,1-2H3,(H,22,28)(H,33,34)(H,35,36)(H2,30,31,32)(H3,21,24,25,29)/t12-,13?,15-/m1/s1. The zero-order valence-corrected chi connectivity index (χ0v) is 29.1. The number of carbonyl (C=O) groups is 1. The van der Waals surface area contributed by atoms with Crippen molar-refractivity contribution in [2.24, 2.45) is 0 Å². The number of phosphoric acid groups is 3. The van der Waals surface area contributed by atoms with Crippen LogP contribution in [-0.4, -0.2) is 106 Å². The second kappa shape index (κ2) is 17.0. The highest BCUT2D eigenvalue weighted by Gasteiger charge is 2.43. The van der Waals surface area contributed by atoms with Crippen molar-refractivity contribution in [3.63, 3.8) is 0 Å². The van der Waals surface area contributed by atoms with E-state index in [-0.39, 0.29) is 61.6 Å². The highest BCUT2D eigenvalue weighted by atomic mass is 33.1. The number of rotatable bonds is 20. The maximum absolute atomic E-state index is 12.3. The minimum atomic E-state index is -5.75. The number of H-pyrrole nitrogens is 1. The molecular formula is C20H35N6O16P3S2. The van der Waals surface area contributed by atoms with Crippen molar-refractivity contribution < 1.29 is 70.5 Å². The number of imidazole rings is 1. The highest BCUT2D eigenvalue weighted by molar-refractivity contribution is 8.77. The summed E-state index contributed by atoms with van der Waals surface area (Å²) >= 11 is 0. The minimum absolute atomic E-state index is 0.0408. The summed E-state index contributed by atoms with van der Waals surface area (Å²) in [5.74, 6) is -0.378. The van der Waals surface area contributed by atoms with Crippen LogP contribution in [0.4, 0.5) is 5.95 Å². The van der Waals surface area contributed by atoms with E-state index in [1.807, 2.05) is 13.8 Å². The van der Waals surface area contributed by atoms with Crippen LogP contribution in [0.2, 0.25) is 0 Å². The first kappa shape index (κ1) is 40.0. The lowest BCUT2D eigenvalue weighted by Gasteiger charge is -2.24. The molecule has 3 unspecified atom stereocenters. The van der Waals surface area contributed by atoms with Crippen molar-refractivity contribution in [3.8, 4) is 0 Å². The van der Waals surface area contributed by atoms with Crippen LogP contribution in [0.5, 0.6) is 0 Å². The molecule has 3 rings (SSSR count). The Morgan fingerprint density at radius 2 is 1.94 bits per heavy atom. The lowest BCUT2D eigenvalue weighted by molar-refractivity contribution is -0.122. The first-order chi connectivity index (χ1) is 21.8. The SMILES string of the molecule is CC(C)(CNC(=O)CCOCCO)SSCO[C@@H]1C[C@H](n2cnc3c(=O)[nH]c(N)nc32)OC1COP(=O)(O)OP(=O)(O)OP(=O)(O)O. The van der Waals surface area contributed by atoms with Crippen LogP contribution in [0.3, 0.4) is 0 Å². The maximum atomic E-state index is 12.3. The number of hydrogen-bond donors (Lipinski definition) is 8. The average molecular weight is 773 g/mol. The number of anilines is 1. The van der Waals surface area contributed by atoms with Crippen molar-refractivity contribution in [1.29, 1.82) is 0 Å². The number of ether oxygens (including phenoxy) is 3. The van der Waals surface area contributed by atoms with E-state index in [4.69, 9.17) is 39.4 Å². The fourth-order valence-electron chi connectivity index (χ4n) is 3.88. The molecule has 268 valence electrons. The summed E-state index contributed by atoms with van der Waals surface area (Å²) in [6, 6.07) is 0. The van der Waals surface area contributed by atoms with Gasteiger partial charge in [-0.25, -0.2) is 18.7 Å². The predicted octanol–water partition coefficient (Wildman–Crippen LogP) is 0.351. The Kier molecular flexibility index (Phi) is 14.5. The van der Waals surface area contributed by atoms with E-state index in [1.54, 1.807) is 0 Å². The summed E-state index contributed by atoms with van der Waals surface area (Å²) in [5, 5.41) is 11.5. The summed E-state index contributed by atoms with van der Waals surface area (Å²) in [7, 11) is -14.1. The van der Waals surface area contributed by atoms with E-state index in [0.717, 1.165) is 0 Å². The first-order valence-corrected chi connectivity index (χ1v) is 20.2. The van der Waals surface area contributed by atoms with E-state index >= 15 is 0 Å². The van der Waals surface area contributed by atoms with Gasteiger partial charge < -0.3 is 49.9 Å². The van der Waals surface area contributed by atoms with Crippen molar-refractivity contribution in [2.45, 2.75) is 49.9 Å². The zero-order chi connectivity index (χ0) is 35.0. The second-order valence-corrected chi connectivity index (χ2v) is 17.5. The van der Waals surface area contributed by atoms with E-state index < -0.39 is 58.8 Å². The Morgan fingerprint density at radius 1 is 1.21 bits per heavy atom. The van der Waals surface area contributed by atoms with E-state index in [0.29, 0.717) is 6.54 Å². The number of aliphatic hydroxyl groups excluding tert-OH is 1. The molecule has 1 aliphatic rings. The van der Waals surface area contributed by atoms with Gasteiger partial charge in [0.25, 0.3) is 5.56 Å². The molecule has 1 amide bonds. The van der Waals surface area contributed by atoms with Crippen LogP contribution in [-0.2, 0) is 45.8 Å². The molecule has 0 radical (unpaired) electrons. The second-order valence-electron chi connectivity index (χ2n) is 10.2. The molecule has 0 spiro atoms. The molecule has 2 aromatic heterocycles. The van der Waals surface area contributed by atoms with Crippen molar-refractivity contribution in [3.05, 3.63) is 16.7 Å². The Morgan fingerprint density at radius 3 is 2.62 bits per heavy atom. The largest absolute Gasteiger partial charge is 0.490 e. The van der Waals surface area contributed by atoms with Gasteiger partial charge in [0.2, 0.25) is 11.9 Å². The summed E-state index contributed by atoms with van der Waals surface area (Å²) < 4.78 is 65.1. The molecule has 0 aromatic carbocycles. The number of carbonyl (C=O) groups excluding carboxylic acids is 1. The Hall–Kier alpha value is -1.43. The normalized spacial score (nSPS) is 21.5. The lowest BCUT2D eigenvalue weighted by Crippen LogP contribution is -2.36. The van der Waals surface area contributed by atoms with Gasteiger partial charge in [-0.3, -0.25) is 23.7 Å².